The second-order valence-corrected chi connectivity index (χ2v) is 3.61. The van der Waals surface area contributed by atoms with Gasteiger partial charge in [-0.05, 0) is 12.5 Å². The molecule has 18 heavy (non-hydrogen) atoms. The van der Waals surface area contributed by atoms with Crippen molar-refractivity contribution in [2.45, 2.75) is 13.0 Å². The van der Waals surface area contributed by atoms with E-state index in [1.165, 1.54) is 12.1 Å². The first kappa shape index (κ1) is 14.1. The van der Waals surface area contributed by atoms with Crippen LogP contribution in [0.3, 0.4) is 0 Å². The van der Waals surface area contributed by atoms with Crippen LogP contribution < -0.4 is 10.6 Å². The zero-order chi connectivity index (χ0) is 13.4. The van der Waals surface area contributed by atoms with Gasteiger partial charge < -0.3 is 15.7 Å². The number of halogens is 1. The van der Waals surface area contributed by atoms with Gasteiger partial charge in [-0.3, -0.25) is 9.59 Å². The monoisotopic (exact) mass is 254 g/mol. The van der Waals surface area contributed by atoms with Crippen LogP contribution in [0.2, 0.25) is 0 Å². The van der Waals surface area contributed by atoms with Crippen molar-refractivity contribution < 1.29 is 19.1 Å². The van der Waals surface area contributed by atoms with Gasteiger partial charge in [0.05, 0.1) is 0 Å². The molecule has 98 valence electrons. The Morgan fingerprint density at radius 2 is 1.83 bits per heavy atom. The lowest BCUT2D eigenvalue weighted by atomic mass is 10.2. The maximum absolute atomic E-state index is 13.2. The van der Waals surface area contributed by atoms with Gasteiger partial charge in [0.2, 0.25) is 0 Å². The Hall–Kier alpha value is -1.95. The lowest BCUT2D eigenvalue weighted by Gasteiger charge is -2.06. The first-order valence-electron chi connectivity index (χ1n) is 5.55. The van der Waals surface area contributed by atoms with Gasteiger partial charge in [-0.15, -0.1) is 0 Å². The van der Waals surface area contributed by atoms with Crippen molar-refractivity contribution in [3.05, 3.63) is 35.6 Å². The fourth-order valence-electron chi connectivity index (χ4n) is 1.26. The highest BCUT2D eigenvalue weighted by Gasteiger charge is 2.12. The molecule has 1 rings (SSSR count). The largest absolute Gasteiger partial charge is 0.396 e. The van der Waals surface area contributed by atoms with Crippen LogP contribution in [0.4, 0.5) is 4.39 Å². The maximum atomic E-state index is 13.2. The molecule has 0 saturated heterocycles. The molecule has 1 aromatic carbocycles. The quantitative estimate of drug-likeness (QED) is 0.509. The summed E-state index contributed by atoms with van der Waals surface area (Å²) in [6.45, 7) is 0.124. The Bertz CT molecular complexity index is 424. The van der Waals surface area contributed by atoms with Crippen LogP contribution in [0, 0.1) is 5.82 Å². The molecular weight excluding hydrogens is 239 g/mol. The van der Waals surface area contributed by atoms with Gasteiger partial charge in [-0.2, -0.15) is 0 Å². The average Bonchev–Trinajstić information content (AvgIpc) is 2.37. The summed E-state index contributed by atoms with van der Waals surface area (Å²) in [4.78, 5) is 22.5. The van der Waals surface area contributed by atoms with E-state index in [2.05, 4.69) is 10.6 Å². The van der Waals surface area contributed by atoms with E-state index < -0.39 is 17.6 Å². The molecule has 1 aromatic rings. The molecule has 0 atom stereocenters. The van der Waals surface area contributed by atoms with Crippen molar-refractivity contribution in [1.29, 1.82) is 0 Å². The van der Waals surface area contributed by atoms with Crippen molar-refractivity contribution in [3.8, 4) is 0 Å². The van der Waals surface area contributed by atoms with Crippen LogP contribution in [0.1, 0.15) is 12.0 Å². The molecule has 3 N–H and O–H groups in total. The number of aliphatic hydroxyl groups is 1. The highest BCUT2D eigenvalue weighted by molar-refractivity contribution is 6.35. The molecular formula is C12H15FN2O3. The molecule has 0 saturated carbocycles. The first-order chi connectivity index (χ1) is 8.65. The molecule has 2 amide bonds. The summed E-state index contributed by atoms with van der Waals surface area (Å²) in [6.07, 6.45) is 0.381. The van der Waals surface area contributed by atoms with Gasteiger partial charge in [-0.1, -0.05) is 18.2 Å². The average molecular weight is 254 g/mol. The molecule has 0 aliphatic carbocycles. The Kier molecular flexibility index (Phi) is 5.79. The summed E-state index contributed by atoms with van der Waals surface area (Å²) in [7, 11) is 0. The summed E-state index contributed by atoms with van der Waals surface area (Å²) in [5.41, 5.74) is 0.314. The first-order valence-corrected chi connectivity index (χ1v) is 5.55. The van der Waals surface area contributed by atoms with Crippen molar-refractivity contribution in [1.82, 2.24) is 10.6 Å². The number of carbonyl (C=O) groups is 2. The van der Waals surface area contributed by atoms with Crippen LogP contribution in [0.5, 0.6) is 0 Å². The highest BCUT2D eigenvalue weighted by atomic mass is 19.1. The van der Waals surface area contributed by atoms with E-state index >= 15 is 0 Å². The minimum absolute atomic E-state index is 0.0427. The van der Waals surface area contributed by atoms with Crippen LogP contribution in [-0.2, 0) is 16.1 Å². The third kappa shape index (κ3) is 4.50. The normalized spacial score (nSPS) is 9.89. The lowest BCUT2D eigenvalue weighted by molar-refractivity contribution is -0.139. The summed E-state index contributed by atoms with van der Waals surface area (Å²) in [5, 5.41) is 13.1. The number of carbonyl (C=O) groups excluding carboxylic acids is 2. The Labute approximate surface area is 104 Å². The number of rotatable bonds is 5. The van der Waals surface area contributed by atoms with E-state index in [4.69, 9.17) is 5.11 Å². The zero-order valence-corrected chi connectivity index (χ0v) is 9.78. The Morgan fingerprint density at radius 1 is 1.17 bits per heavy atom. The zero-order valence-electron chi connectivity index (χ0n) is 9.78. The van der Waals surface area contributed by atoms with Crippen LogP contribution in [0.25, 0.3) is 0 Å². The van der Waals surface area contributed by atoms with E-state index in [0.29, 0.717) is 12.0 Å². The number of aliphatic hydroxyl groups excluding tert-OH is 1. The molecule has 0 heterocycles. The SMILES string of the molecule is O=C(NCCCO)C(=O)NCc1ccccc1F. The summed E-state index contributed by atoms with van der Waals surface area (Å²) < 4.78 is 13.2. The molecule has 5 nitrogen and oxygen atoms in total. The third-order valence-corrected chi connectivity index (χ3v) is 2.22. The standard InChI is InChI=1S/C12H15FN2O3/c13-10-5-2-1-4-9(10)8-15-12(18)11(17)14-6-3-7-16/h1-2,4-5,16H,3,6-8H2,(H,14,17)(H,15,18). The molecule has 0 aromatic heterocycles. The molecule has 0 radical (unpaired) electrons. The molecule has 6 heteroatoms. The summed E-state index contributed by atoms with van der Waals surface area (Å²) in [5.74, 6) is -2.05. The summed E-state index contributed by atoms with van der Waals surface area (Å²) in [6, 6.07) is 6.00. The third-order valence-electron chi connectivity index (χ3n) is 2.22. The second kappa shape index (κ2) is 7.39. The van der Waals surface area contributed by atoms with Gasteiger partial charge in [-0.25, -0.2) is 4.39 Å². The minimum Gasteiger partial charge on any atom is -0.396 e. The smallest absolute Gasteiger partial charge is 0.309 e. The Balaban J connectivity index is 2.37. The van der Waals surface area contributed by atoms with E-state index in [1.54, 1.807) is 12.1 Å². The van der Waals surface area contributed by atoms with E-state index in [1.807, 2.05) is 0 Å². The van der Waals surface area contributed by atoms with Gasteiger partial charge in [0, 0.05) is 25.3 Å². The Morgan fingerprint density at radius 3 is 2.50 bits per heavy atom. The number of benzene rings is 1. The number of hydrogen-bond acceptors (Lipinski definition) is 3. The van der Waals surface area contributed by atoms with Crippen LogP contribution in [-0.4, -0.2) is 30.1 Å². The highest BCUT2D eigenvalue weighted by Crippen LogP contribution is 2.05. The van der Waals surface area contributed by atoms with Gasteiger partial charge >= 0.3 is 11.8 Å². The second-order valence-electron chi connectivity index (χ2n) is 3.61. The van der Waals surface area contributed by atoms with Gasteiger partial charge in [0.15, 0.2) is 0 Å². The number of amides is 2. The topological polar surface area (TPSA) is 78.4 Å². The number of nitrogens with one attached hydrogen (secondary N) is 2. The minimum atomic E-state index is -0.823. The van der Waals surface area contributed by atoms with Crippen molar-refractivity contribution in [2.24, 2.45) is 0 Å². The predicted octanol–water partition coefficient (Wildman–Crippen LogP) is -0.0595. The maximum Gasteiger partial charge on any atom is 0.309 e. The molecule has 0 aliphatic heterocycles. The van der Waals surface area contributed by atoms with Gasteiger partial charge in [0.25, 0.3) is 0 Å². The fourth-order valence-corrected chi connectivity index (χ4v) is 1.26. The lowest BCUT2D eigenvalue weighted by Crippen LogP contribution is -2.40. The molecule has 0 aliphatic rings. The molecule has 0 unspecified atom stereocenters. The van der Waals surface area contributed by atoms with Crippen LogP contribution >= 0.6 is 0 Å². The summed E-state index contributed by atoms with van der Waals surface area (Å²) >= 11 is 0. The molecule has 0 bridgehead atoms. The van der Waals surface area contributed by atoms with Gasteiger partial charge in [0.1, 0.15) is 5.82 Å². The van der Waals surface area contributed by atoms with Crippen molar-refractivity contribution >= 4 is 11.8 Å². The predicted molar refractivity (Wildman–Crippen MR) is 63.0 cm³/mol. The van der Waals surface area contributed by atoms with E-state index in [0.717, 1.165) is 0 Å². The number of hydrogen-bond donors (Lipinski definition) is 3. The van der Waals surface area contributed by atoms with E-state index in [-0.39, 0.29) is 19.7 Å². The molecule has 0 spiro atoms. The fraction of sp³-hybridized carbons (Fsp3) is 0.333. The van der Waals surface area contributed by atoms with Crippen molar-refractivity contribution in [3.63, 3.8) is 0 Å². The van der Waals surface area contributed by atoms with Crippen molar-refractivity contribution in [2.75, 3.05) is 13.2 Å². The van der Waals surface area contributed by atoms with Crippen LogP contribution in [0.15, 0.2) is 24.3 Å². The molecule has 0 fully saturated rings. The van der Waals surface area contributed by atoms with E-state index in [9.17, 15) is 14.0 Å².